The summed E-state index contributed by atoms with van der Waals surface area (Å²) in [6.45, 7) is 1.42. The molecule has 0 N–H and O–H groups in total. The number of nitrogens with zero attached hydrogens (tertiary/aromatic N) is 1. The second kappa shape index (κ2) is 1.65. The van der Waals surface area contributed by atoms with Gasteiger partial charge in [-0.05, 0) is 6.92 Å². The quantitative estimate of drug-likeness (QED) is 0.246. The predicted octanol–water partition coefficient (Wildman–Crippen LogP) is -0.687. The molecule has 0 aliphatic carbocycles. The van der Waals surface area contributed by atoms with Gasteiger partial charge in [-0.1, -0.05) is 0 Å². The van der Waals surface area contributed by atoms with Gasteiger partial charge in [-0.3, -0.25) is 4.79 Å². The van der Waals surface area contributed by atoms with E-state index in [2.05, 4.69) is 0 Å². The van der Waals surface area contributed by atoms with Gasteiger partial charge >= 0.3 is 5.91 Å². The van der Waals surface area contributed by atoms with Gasteiger partial charge in [0, 0.05) is 0 Å². The molecule has 0 saturated heterocycles. The normalized spacial score (nSPS) is 26.8. The Morgan fingerprint density at radius 1 is 1.67 bits per heavy atom. The molecule has 1 unspecified atom stereocenters. The number of ketones is 1. The van der Waals surface area contributed by atoms with Crippen LogP contribution in [0.3, 0.4) is 0 Å². The van der Waals surface area contributed by atoms with Crippen LogP contribution in [0.5, 0.6) is 0 Å². The molecule has 0 aromatic rings. The minimum absolute atomic E-state index is 0.0764. The van der Waals surface area contributed by atoms with Gasteiger partial charge in [-0.15, -0.1) is 4.74 Å². The first-order valence-corrected chi connectivity index (χ1v) is 2.52. The monoisotopic (exact) mass is 127 g/mol. The fourth-order valence-corrected chi connectivity index (χ4v) is 0.604. The zero-order valence-electron chi connectivity index (χ0n) is 4.83. The van der Waals surface area contributed by atoms with Gasteiger partial charge in [-0.2, -0.15) is 0 Å². The Kier molecular flexibility index (Phi) is 1.09. The summed E-state index contributed by atoms with van der Waals surface area (Å²) in [7, 11) is 0. The molecule has 0 aromatic heterocycles. The van der Waals surface area contributed by atoms with E-state index in [1.54, 1.807) is 0 Å². The Morgan fingerprint density at radius 2 is 2.22 bits per heavy atom. The molecule has 1 aliphatic heterocycles. The van der Waals surface area contributed by atoms with Crippen LogP contribution >= 0.6 is 0 Å². The molecule has 0 saturated carbocycles. The SMILES string of the molecule is CC1C(=O)C=[N+]([O-])C1=O. The maximum absolute atomic E-state index is 10.5. The van der Waals surface area contributed by atoms with Crippen LogP contribution in [0, 0.1) is 11.1 Å². The zero-order valence-corrected chi connectivity index (χ0v) is 4.83. The minimum Gasteiger partial charge on any atom is -0.616 e. The summed E-state index contributed by atoms with van der Waals surface area (Å²) < 4.78 is 0.0764. The number of amides is 1. The largest absolute Gasteiger partial charge is 0.616 e. The Morgan fingerprint density at radius 3 is 2.33 bits per heavy atom. The first-order chi connectivity index (χ1) is 4.13. The van der Waals surface area contributed by atoms with E-state index in [0.717, 1.165) is 6.21 Å². The van der Waals surface area contributed by atoms with E-state index in [-0.39, 0.29) is 4.74 Å². The molecule has 4 nitrogen and oxygen atoms in total. The lowest BCUT2D eigenvalue weighted by Crippen LogP contribution is -2.16. The number of hydrogen-bond acceptors (Lipinski definition) is 3. The Balaban J connectivity index is 2.95. The topological polar surface area (TPSA) is 60.2 Å². The van der Waals surface area contributed by atoms with Crippen LogP contribution in [0.2, 0.25) is 0 Å². The van der Waals surface area contributed by atoms with Gasteiger partial charge in [0.2, 0.25) is 12.0 Å². The number of hydroxylamine groups is 1. The molecule has 4 heteroatoms. The number of carbonyl (C=O) groups is 2. The Hall–Kier alpha value is -1.19. The molecular formula is C5H5NO3. The average molecular weight is 127 g/mol. The van der Waals surface area contributed by atoms with Crippen LogP contribution < -0.4 is 0 Å². The van der Waals surface area contributed by atoms with Crippen molar-refractivity contribution >= 4 is 17.9 Å². The van der Waals surface area contributed by atoms with Crippen molar-refractivity contribution < 1.29 is 14.3 Å². The summed E-state index contributed by atoms with van der Waals surface area (Å²) in [6.07, 6.45) is 0.771. The van der Waals surface area contributed by atoms with Crippen molar-refractivity contribution in [2.24, 2.45) is 5.92 Å². The molecule has 1 amide bonds. The zero-order chi connectivity index (χ0) is 7.02. The number of Topliss-reactive ketones (excluding diaryl/α,β-unsaturated/α-hetero) is 1. The van der Waals surface area contributed by atoms with E-state index in [4.69, 9.17) is 0 Å². The molecule has 1 rings (SSSR count). The van der Waals surface area contributed by atoms with Crippen LogP contribution in [0.4, 0.5) is 0 Å². The highest BCUT2D eigenvalue weighted by molar-refractivity contribution is 6.34. The summed E-state index contributed by atoms with van der Waals surface area (Å²) in [6, 6.07) is 0. The highest BCUT2D eigenvalue weighted by Crippen LogP contribution is 2.03. The maximum Gasteiger partial charge on any atom is 0.408 e. The van der Waals surface area contributed by atoms with E-state index in [0.29, 0.717) is 0 Å². The smallest absolute Gasteiger partial charge is 0.408 e. The van der Waals surface area contributed by atoms with E-state index in [9.17, 15) is 14.8 Å². The second-order valence-corrected chi connectivity index (χ2v) is 1.92. The molecule has 0 fully saturated rings. The van der Waals surface area contributed by atoms with E-state index >= 15 is 0 Å². The minimum atomic E-state index is -0.762. The molecule has 1 aliphatic rings. The number of carbonyl (C=O) groups excluding carboxylic acids is 2. The third-order valence-corrected chi connectivity index (χ3v) is 1.26. The summed E-state index contributed by atoms with van der Waals surface area (Å²) in [4.78, 5) is 21.0. The molecule has 0 spiro atoms. The lowest BCUT2D eigenvalue weighted by atomic mass is 10.1. The molecule has 48 valence electrons. The highest BCUT2D eigenvalue weighted by Gasteiger charge is 2.35. The van der Waals surface area contributed by atoms with Crippen molar-refractivity contribution in [3.63, 3.8) is 0 Å². The van der Waals surface area contributed by atoms with Crippen LogP contribution in [0.1, 0.15) is 6.92 Å². The van der Waals surface area contributed by atoms with E-state index in [1.165, 1.54) is 6.92 Å². The summed E-state index contributed by atoms with van der Waals surface area (Å²) in [5.41, 5.74) is 0. The standard InChI is InChI=1S/C5H5NO3/c1-3-4(7)2-6(9)5(3)8/h2-3H,1H3. The number of hydrogen-bond donors (Lipinski definition) is 0. The molecule has 9 heavy (non-hydrogen) atoms. The summed E-state index contributed by atoms with van der Waals surface area (Å²) in [5.74, 6) is -1.84. The van der Waals surface area contributed by atoms with Crippen LogP contribution in [-0.4, -0.2) is 22.6 Å². The van der Waals surface area contributed by atoms with Gasteiger partial charge in [0.15, 0.2) is 5.92 Å². The third kappa shape index (κ3) is 0.718. The molecule has 0 radical (unpaired) electrons. The van der Waals surface area contributed by atoms with Crippen molar-refractivity contribution in [3.05, 3.63) is 5.21 Å². The first kappa shape index (κ1) is 5.94. The lowest BCUT2D eigenvalue weighted by molar-refractivity contribution is -0.374. The fraction of sp³-hybridized carbons (Fsp3) is 0.400. The Bertz CT molecular complexity index is 206. The fourth-order valence-electron chi connectivity index (χ4n) is 0.604. The summed E-state index contributed by atoms with van der Waals surface area (Å²) in [5, 5.41) is 10.3. The third-order valence-electron chi connectivity index (χ3n) is 1.26. The van der Waals surface area contributed by atoms with Crippen LogP contribution in [-0.2, 0) is 9.59 Å². The van der Waals surface area contributed by atoms with E-state index in [1.807, 2.05) is 0 Å². The summed E-state index contributed by atoms with van der Waals surface area (Å²) >= 11 is 0. The van der Waals surface area contributed by atoms with Gasteiger partial charge in [0.05, 0.1) is 0 Å². The van der Waals surface area contributed by atoms with Crippen molar-refractivity contribution in [2.45, 2.75) is 6.92 Å². The van der Waals surface area contributed by atoms with Gasteiger partial charge in [0.1, 0.15) is 0 Å². The molecule has 0 aromatic carbocycles. The first-order valence-electron chi connectivity index (χ1n) is 2.52. The van der Waals surface area contributed by atoms with Crippen LogP contribution in [0.15, 0.2) is 0 Å². The molecule has 1 heterocycles. The Labute approximate surface area is 51.4 Å². The van der Waals surface area contributed by atoms with Crippen molar-refractivity contribution in [2.75, 3.05) is 0 Å². The van der Waals surface area contributed by atoms with Crippen molar-refractivity contribution in [1.29, 1.82) is 0 Å². The van der Waals surface area contributed by atoms with E-state index < -0.39 is 17.6 Å². The highest BCUT2D eigenvalue weighted by atomic mass is 16.5. The maximum atomic E-state index is 10.5. The van der Waals surface area contributed by atoms with Crippen LogP contribution in [0.25, 0.3) is 0 Å². The lowest BCUT2D eigenvalue weighted by Gasteiger charge is -1.91. The predicted molar refractivity (Wildman–Crippen MR) is 28.9 cm³/mol. The van der Waals surface area contributed by atoms with Gasteiger partial charge in [0.25, 0.3) is 0 Å². The number of rotatable bonds is 0. The molecule has 1 atom stereocenters. The average Bonchev–Trinajstić information content (AvgIpc) is 1.98. The van der Waals surface area contributed by atoms with Gasteiger partial charge in [-0.25, -0.2) is 4.79 Å². The molecule has 0 bridgehead atoms. The van der Waals surface area contributed by atoms with Crippen molar-refractivity contribution in [1.82, 2.24) is 0 Å². The molecular weight excluding hydrogens is 122 g/mol. The van der Waals surface area contributed by atoms with Crippen molar-refractivity contribution in [3.8, 4) is 0 Å². The second-order valence-electron chi connectivity index (χ2n) is 1.92. The van der Waals surface area contributed by atoms with Gasteiger partial charge < -0.3 is 5.21 Å².